The second kappa shape index (κ2) is 8.43. The Hall–Kier alpha value is -3.94. The lowest BCUT2D eigenvalue weighted by Gasteiger charge is -2.10. The smallest absolute Gasteiger partial charge is 0.253 e. The summed E-state index contributed by atoms with van der Waals surface area (Å²) in [7, 11) is 0. The van der Waals surface area contributed by atoms with Gasteiger partial charge in [-0.2, -0.15) is 0 Å². The van der Waals surface area contributed by atoms with Gasteiger partial charge in [0.25, 0.3) is 5.91 Å². The first kappa shape index (κ1) is 20.3. The molecule has 0 aliphatic rings. The normalized spacial score (nSPS) is 10.8. The Morgan fingerprint density at radius 2 is 1.81 bits per heavy atom. The molecule has 0 aliphatic heterocycles. The third kappa shape index (κ3) is 4.63. The van der Waals surface area contributed by atoms with E-state index in [2.05, 4.69) is 20.3 Å². The number of aryl methyl sites for hydroxylation is 2. The molecule has 0 fully saturated rings. The maximum absolute atomic E-state index is 14.0. The topological polar surface area (TPSA) is 77.0 Å². The van der Waals surface area contributed by atoms with Crippen LogP contribution in [0.15, 0.2) is 54.7 Å². The first-order valence-electron chi connectivity index (χ1n) is 9.50. The van der Waals surface area contributed by atoms with Gasteiger partial charge in [0, 0.05) is 30.9 Å². The zero-order valence-electron chi connectivity index (χ0n) is 16.8. The predicted molar refractivity (Wildman–Crippen MR) is 111 cm³/mol. The van der Waals surface area contributed by atoms with Crippen molar-refractivity contribution in [2.24, 2.45) is 0 Å². The Morgan fingerprint density at radius 3 is 2.55 bits per heavy atom. The van der Waals surface area contributed by atoms with Crippen molar-refractivity contribution in [3.63, 3.8) is 0 Å². The number of aromatic nitrogens is 3. The molecule has 0 saturated heterocycles. The summed E-state index contributed by atoms with van der Waals surface area (Å²) in [6.45, 7) is 3.73. The molecular weight excluding hydrogens is 402 g/mol. The molecule has 2 aromatic heterocycles. The largest absolute Gasteiger partial charge is 0.439 e. The summed E-state index contributed by atoms with van der Waals surface area (Å²) in [6, 6.07) is 11.5. The summed E-state index contributed by atoms with van der Waals surface area (Å²) < 4.78 is 32.7. The number of nitrogens with zero attached hydrogens (tertiary/aromatic N) is 3. The number of carbonyl (C=O) groups is 1. The van der Waals surface area contributed by atoms with E-state index in [1.165, 1.54) is 30.5 Å². The van der Waals surface area contributed by atoms with Gasteiger partial charge in [0.2, 0.25) is 5.88 Å². The van der Waals surface area contributed by atoms with E-state index in [0.29, 0.717) is 33.7 Å². The Morgan fingerprint density at radius 1 is 1.00 bits per heavy atom. The number of rotatable bonds is 5. The number of ether oxygens (including phenoxy) is 1. The monoisotopic (exact) mass is 420 g/mol. The maximum atomic E-state index is 14.0. The van der Waals surface area contributed by atoms with Gasteiger partial charge in [-0.1, -0.05) is 12.1 Å². The highest BCUT2D eigenvalue weighted by Gasteiger charge is 2.15. The van der Waals surface area contributed by atoms with E-state index in [4.69, 9.17) is 4.74 Å². The SMILES string of the molecule is Cc1nc2cc(F)cc(C(=O)NCc3ccc(Oc4cccc(F)c4)nc3)c2nc1C. The van der Waals surface area contributed by atoms with Gasteiger partial charge in [0.1, 0.15) is 22.9 Å². The van der Waals surface area contributed by atoms with Crippen LogP contribution in [0.3, 0.4) is 0 Å². The van der Waals surface area contributed by atoms with Crippen LogP contribution in [0.4, 0.5) is 8.78 Å². The van der Waals surface area contributed by atoms with Crippen molar-refractivity contribution in [2.75, 3.05) is 0 Å². The molecule has 4 rings (SSSR count). The van der Waals surface area contributed by atoms with Crippen molar-refractivity contribution in [3.8, 4) is 11.6 Å². The van der Waals surface area contributed by atoms with Gasteiger partial charge in [-0.05, 0) is 37.6 Å². The number of pyridine rings is 1. The van der Waals surface area contributed by atoms with Crippen molar-refractivity contribution in [2.45, 2.75) is 20.4 Å². The van der Waals surface area contributed by atoms with E-state index < -0.39 is 17.5 Å². The van der Waals surface area contributed by atoms with Crippen molar-refractivity contribution >= 4 is 16.9 Å². The van der Waals surface area contributed by atoms with Gasteiger partial charge in [-0.3, -0.25) is 4.79 Å². The average molecular weight is 420 g/mol. The van der Waals surface area contributed by atoms with Gasteiger partial charge < -0.3 is 10.1 Å². The number of carbonyl (C=O) groups excluding carboxylic acids is 1. The molecule has 2 aromatic carbocycles. The molecule has 2 heterocycles. The van der Waals surface area contributed by atoms with Crippen molar-refractivity contribution in [1.29, 1.82) is 0 Å². The standard InChI is InChI=1S/C23H18F2N4O2/c1-13-14(2)29-22-19(9-17(25)10-20(22)28-13)23(30)27-12-15-6-7-21(26-11-15)31-18-5-3-4-16(24)8-18/h3-11H,12H2,1-2H3,(H,27,30). The average Bonchev–Trinajstić information content (AvgIpc) is 2.74. The number of fused-ring (bicyclic) bond motifs is 1. The first-order chi connectivity index (χ1) is 14.9. The summed E-state index contributed by atoms with van der Waals surface area (Å²) in [5.41, 5.74) is 2.85. The molecule has 4 aromatic rings. The molecule has 1 amide bonds. The van der Waals surface area contributed by atoms with Crippen LogP contribution in [-0.2, 0) is 6.54 Å². The van der Waals surface area contributed by atoms with E-state index in [9.17, 15) is 13.6 Å². The molecule has 0 spiro atoms. The third-order valence-electron chi connectivity index (χ3n) is 4.66. The molecular formula is C23H18F2N4O2. The fourth-order valence-electron chi connectivity index (χ4n) is 2.98. The molecule has 31 heavy (non-hydrogen) atoms. The Balaban J connectivity index is 1.47. The number of nitrogens with one attached hydrogen (secondary N) is 1. The number of hydrogen-bond donors (Lipinski definition) is 1. The Bertz CT molecular complexity index is 1280. The fraction of sp³-hybridized carbons (Fsp3) is 0.130. The van der Waals surface area contributed by atoms with Crippen molar-refractivity contribution < 1.29 is 18.3 Å². The lowest BCUT2D eigenvalue weighted by atomic mass is 10.1. The van der Waals surface area contributed by atoms with Crippen LogP contribution in [0.5, 0.6) is 11.6 Å². The highest BCUT2D eigenvalue weighted by molar-refractivity contribution is 6.04. The zero-order chi connectivity index (χ0) is 22.0. The highest BCUT2D eigenvalue weighted by atomic mass is 19.1. The summed E-state index contributed by atoms with van der Waals surface area (Å²) >= 11 is 0. The summed E-state index contributed by atoms with van der Waals surface area (Å²) in [5, 5.41) is 2.74. The lowest BCUT2D eigenvalue weighted by Crippen LogP contribution is -2.23. The van der Waals surface area contributed by atoms with E-state index in [0.717, 1.165) is 6.07 Å². The minimum absolute atomic E-state index is 0.115. The highest BCUT2D eigenvalue weighted by Crippen LogP contribution is 2.21. The minimum atomic E-state index is -0.560. The molecule has 0 saturated carbocycles. The Kier molecular flexibility index (Phi) is 5.53. The molecule has 156 valence electrons. The maximum Gasteiger partial charge on any atom is 0.253 e. The van der Waals surface area contributed by atoms with Crippen LogP contribution in [0.2, 0.25) is 0 Å². The van der Waals surface area contributed by atoms with Gasteiger partial charge in [-0.15, -0.1) is 0 Å². The molecule has 0 radical (unpaired) electrons. The Labute approximate surface area is 177 Å². The molecule has 0 atom stereocenters. The van der Waals surface area contributed by atoms with Gasteiger partial charge in [0.15, 0.2) is 0 Å². The van der Waals surface area contributed by atoms with E-state index in [1.54, 1.807) is 32.0 Å². The quantitative estimate of drug-likeness (QED) is 0.509. The van der Waals surface area contributed by atoms with Crippen LogP contribution in [0, 0.1) is 25.5 Å². The summed E-state index contributed by atoms with van der Waals surface area (Å²) in [5.74, 6) is -0.814. The number of halogens is 2. The van der Waals surface area contributed by atoms with Crippen LogP contribution < -0.4 is 10.1 Å². The number of amides is 1. The van der Waals surface area contributed by atoms with Gasteiger partial charge in [0.05, 0.1) is 22.5 Å². The first-order valence-corrected chi connectivity index (χ1v) is 9.50. The molecule has 0 aliphatic carbocycles. The third-order valence-corrected chi connectivity index (χ3v) is 4.66. The van der Waals surface area contributed by atoms with E-state index in [-0.39, 0.29) is 18.0 Å². The van der Waals surface area contributed by atoms with Crippen LogP contribution >= 0.6 is 0 Å². The second-order valence-electron chi connectivity index (χ2n) is 6.96. The number of hydrogen-bond acceptors (Lipinski definition) is 5. The number of benzene rings is 2. The van der Waals surface area contributed by atoms with E-state index in [1.807, 2.05) is 0 Å². The lowest BCUT2D eigenvalue weighted by molar-refractivity contribution is 0.0952. The van der Waals surface area contributed by atoms with Crippen molar-refractivity contribution in [1.82, 2.24) is 20.3 Å². The van der Waals surface area contributed by atoms with E-state index >= 15 is 0 Å². The zero-order valence-corrected chi connectivity index (χ0v) is 16.8. The minimum Gasteiger partial charge on any atom is -0.439 e. The molecule has 0 unspecified atom stereocenters. The second-order valence-corrected chi connectivity index (χ2v) is 6.96. The molecule has 6 nitrogen and oxygen atoms in total. The molecule has 8 heteroatoms. The van der Waals surface area contributed by atoms with Crippen LogP contribution in [-0.4, -0.2) is 20.9 Å². The van der Waals surface area contributed by atoms with Crippen molar-refractivity contribution in [3.05, 3.63) is 88.9 Å². The van der Waals surface area contributed by atoms with Gasteiger partial charge in [-0.25, -0.2) is 23.7 Å². The van der Waals surface area contributed by atoms with Crippen LogP contribution in [0.1, 0.15) is 27.3 Å². The summed E-state index contributed by atoms with van der Waals surface area (Å²) in [6.07, 6.45) is 1.53. The van der Waals surface area contributed by atoms with Gasteiger partial charge >= 0.3 is 0 Å². The predicted octanol–water partition coefficient (Wildman–Crippen LogP) is 4.64. The molecule has 1 N–H and O–H groups in total. The summed E-state index contributed by atoms with van der Waals surface area (Å²) in [4.78, 5) is 25.6. The molecule has 0 bridgehead atoms. The fourth-order valence-corrected chi connectivity index (χ4v) is 2.98. The van der Waals surface area contributed by atoms with Crippen LogP contribution in [0.25, 0.3) is 11.0 Å².